The summed E-state index contributed by atoms with van der Waals surface area (Å²) < 4.78 is 30.0. The fraction of sp³-hybridized carbons (Fsp3) is 0. The summed E-state index contributed by atoms with van der Waals surface area (Å²) in [5.74, 6) is 0. The maximum atomic E-state index is 7.50. The van der Waals surface area contributed by atoms with Gasteiger partial charge in [-0.15, -0.1) is 0 Å². The zero-order valence-electron chi connectivity index (χ0n) is 10.9. The minimum atomic E-state index is 0. The van der Waals surface area contributed by atoms with Gasteiger partial charge in [0.05, 0.1) is 0 Å². The first-order valence-corrected chi connectivity index (χ1v) is 4.15. The van der Waals surface area contributed by atoms with Gasteiger partial charge in [0.2, 0.25) is 0 Å². The molecule has 0 aromatic heterocycles. The van der Waals surface area contributed by atoms with Crippen molar-refractivity contribution in [2.45, 2.75) is 0 Å². The van der Waals surface area contributed by atoms with Gasteiger partial charge in [0.25, 0.3) is 0 Å². The van der Waals surface area contributed by atoms with Crippen LogP contribution in [0.3, 0.4) is 0 Å². The molecule has 0 unspecified atom stereocenters. The van der Waals surface area contributed by atoms with Crippen LogP contribution < -0.4 is 0 Å². The first-order valence-electron chi connectivity index (χ1n) is 4.15. The molecule has 0 atom stereocenters. The zero-order valence-corrected chi connectivity index (χ0v) is 20.4. The second-order valence-electron chi connectivity index (χ2n) is 1.92. The van der Waals surface area contributed by atoms with Crippen LogP contribution in [0.2, 0.25) is 0 Å². The quantitative estimate of drug-likeness (QED) is 0.222. The summed E-state index contributed by atoms with van der Waals surface area (Å²) in [7, 11) is 0. The van der Waals surface area contributed by atoms with E-state index >= 15 is 0 Å². The Labute approximate surface area is 177 Å². The van der Waals surface area contributed by atoms with Crippen molar-refractivity contribution in [3.63, 3.8) is 0 Å². The Morgan fingerprint density at radius 2 is 0.381 bits per heavy atom. The van der Waals surface area contributed by atoms with Gasteiger partial charge in [0, 0.05) is 69.8 Å². The van der Waals surface area contributed by atoms with Crippen LogP contribution in [0.15, 0.2) is 0 Å². The molecule has 4 nitrogen and oxygen atoms in total. The van der Waals surface area contributed by atoms with Gasteiger partial charge in [-0.2, -0.15) is 0 Å². The molecule has 0 saturated heterocycles. The third-order valence-corrected chi connectivity index (χ3v) is 1.11. The van der Waals surface area contributed by atoms with Crippen molar-refractivity contribution < 1.29 is 88.4 Å². The first-order chi connectivity index (χ1) is 9.00. The average Bonchev–Trinajstić information content (AvgIpc) is 3.25. The summed E-state index contributed by atoms with van der Waals surface area (Å²) >= 11 is 0. The minimum absolute atomic E-state index is 0. The first kappa shape index (κ1) is 43.2. The van der Waals surface area contributed by atoms with E-state index in [4.69, 9.17) is 18.6 Å². The van der Waals surface area contributed by atoms with Gasteiger partial charge >= 0.3 is 45.2 Å². The van der Waals surface area contributed by atoms with Crippen LogP contribution in [0.4, 0.5) is 0 Å². The summed E-state index contributed by atoms with van der Waals surface area (Å²) in [4.78, 5) is 0. The molecule has 0 aromatic carbocycles. The molecule has 0 aromatic rings. The van der Waals surface area contributed by atoms with E-state index in [-0.39, 0.29) is 69.8 Å². The fourth-order valence-corrected chi connectivity index (χ4v) is 0.642. The maximum absolute atomic E-state index is 7.50. The molecule has 0 heterocycles. The molecule has 7 heteroatoms. The second kappa shape index (κ2) is 68.8. The maximum Gasteiger partial charge on any atom is 0 e. The van der Waals surface area contributed by atoms with Gasteiger partial charge in [-0.3, -0.25) is 0 Å². The summed E-state index contributed by atoms with van der Waals surface area (Å²) in [5.41, 5.74) is 0. The van der Waals surface area contributed by atoms with Crippen LogP contribution in [0.1, 0.15) is 0 Å². The van der Waals surface area contributed by atoms with Gasteiger partial charge in [0.1, 0.15) is 0 Å². The third kappa shape index (κ3) is 62.2. The Bertz CT molecular complexity index is 149. The van der Waals surface area contributed by atoms with Crippen molar-refractivity contribution in [1.29, 1.82) is 0 Å². The molecule has 0 amide bonds. The van der Waals surface area contributed by atoms with Crippen molar-refractivity contribution in [2.24, 2.45) is 0 Å². The molecule has 2 aliphatic rings. The van der Waals surface area contributed by atoms with Crippen LogP contribution in [-0.4, -0.2) is 0 Å². The Balaban J connectivity index is -0.0000000234. The topological polar surface area (TPSA) is 79.6 Å². The van der Waals surface area contributed by atoms with E-state index in [1.165, 1.54) is 0 Å². The average molecular weight is 635 g/mol. The summed E-state index contributed by atoms with van der Waals surface area (Å²) in [5, 5.41) is 0. The molecule has 0 aliphatic heterocycles. The van der Waals surface area contributed by atoms with Gasteiger partial charge < -0.3 is 0 Å². The number of rotatable bonds is 0. The Kier molecular flexibility index (Phi) is 142. The molecule has 2 saturated carbocycles. The normalized spacial score (nSPS) is 11.8. The van der Waals surface area contributed by atoms with E-state index in [0.29, 0.717) is 0 Å². The van der Waals surface area contributed by atoms with Crippen molar-refractivity contribution in [1.82, 2.24) is 0 Å². The second-order valence-corrected chi connectivity index (χ2v) is 1.92. The molecule has 0 bridgehead atoms. The number of hydrogen-bond donors (Lipinski definition) is 0. The van der Waals surface area contributed by atoms with Crippen molar-refractivity contribution >= 4 is 0 Å². The van der Waals surface area contributed by atoms with E-state index in [0.717, 1.165) is 0 Å². The molecule has 2 aliphatic carbocycles. The monoisotopic (exact) mass is 640 g/mol. The standard InChI is InChI=1S/2C5H5.4CO.Hg.2Mo/c2*1-2-4-5-3-1;4*1-2;;;/h2*1-5H;;;;;;;. The summed E-state index contributed by atoms with van der Waals surface area (Å²) in [6.07, 6.45) is 20.0. The van der Waals surface area contributed by atoms with E-state index < -0.39 is 0 Å². The predicted octanol–water partition coefficient (Wildman–Crippen LogP) is 1.89. The van der Waals surface area contributed by atoms with Gasteiger partial charge in [-0.05, 0) is 64.2 Å². The minimum Gasteiger partial charge on any atom is -0.0312 e. The van der Waals surface area contributed by atoms with Crippen LogP contribution >= 0.6 is 0 Å². The molecule has 21 heavy (non-hydrogen) atoms. The molecule has 2 fully saturated rings. The SMILES string of the molecule is [C-]#[O+].[C-]#[O+].[C-]#[O+].[C-]#[O+].[CH]1[CH][CH][CH][CH]1.[CH]1[CH][CH][CH][CH]1.[Hg].[Mo].[Mo]. The summed E-state index contributed by atoms with van der Waals surface area (Å²) in [6.45, 7) is 18.0. The number of hydrogen-bond acceptors (Lipinski definition) is 0. The van der Waals surface area contributed by atoms with Crippen LogP contribution in [0, 0.1) is 90.8 Å². The Hall–Kier alpha value is 1.27. The Morgan fingerprint density at radius 1 is 0.333 bits per heavy atom. The largest absolute Gasteiger partial charge is 0.0312 e. The molecular weight excluding hydrogens is 625 g/mol. The third-order valence-electron chi connectivity index (χ3n) is 1.11. The van der Waals surface area contributed by atoms with Crippen LogP contribution in [-0.2, 0) is 88.4 Å². The molecule has 10 radical (unpaired) electrons. The van der Waals surface area contributed by atoms with E-state index in [2.05, 4.69) is 26.6 Å². The zero-order chi connectivity index (χ0) is 15.1. The van der Waals surface area contributed by atoms with Crippen LogP contribution in [0.5, 0.6) is 0 Å². The van der Waals surface area contributed by atoms with E-state index in [1.54, 1.807) is 0 Å². The van der Waals surface area contributed by atoms with Crippen molar-refractivity contribution in [2.75, 3.05) is 0 Å². The fourth-order valence-electron chi connectivity index (χ4n) is 0.642. The molecule has 2 rings (SSSR count). The van der Waals surface area contributed by atoms with E-state index in [1.807, 2.05) is 64.2 Å². The smallest absolute Gasteiger partial charge is 0 e. The van der Waals surface area contributed by atoms with Crippen molar-refractivity contribution in [3.05, 3.63) is 90.8 Å². The van der Waals surface area contributed by atoms with Crippen LogP contribution in [0.25, 0.3) is 0 Å². The van der Waals surface area contributed by atoms with Gasteiger partial charge in [-0.25, -0.2) is 0 Å². The molecule has 104 valence electrons. The van der Waals surface area contributed by atoms with Gasteiger partial charge in [-0.1, -0.05) is 0 Å². The molecule has 0 spiro atoms. The molecular formula is C14H10HgMo2O4. The van der Waals surface area contributed by atoms with Crippen molar-refractivity contribution in [3.8, 4) is 0 Å². The van der Waals surface area contributed by atoms with Gasteiger partial charge in [0.15, 0.2) is 0 Å². The summed E-state index contributed by atoms with van der Waals surface area (Å²) in [6, 6.07) is 0. The Morgan fingerprint density at radius 3 is 0.429 bits per heavy atom. The predicted molar refractivity (Wildman–Crippen MR) is 58.7 cm³/mol. The van der Waals surface area contributed by atoms with E-state index in [9.17, 15) is 0 Å². The molecule has 0 N–H and O–H groups in total.